The van der Waals surface area contributed by atoms with Crippen molar-refractivity contribution in [3.8, 4) is 5.75 Å². The van der Waals surface area contributed by atoms with Gasteiger partial charge in [-0.15, -0.1) is 0 Å². The smallest absolute Gasteiger partial charge is 0.254 e. The first-order valence-electron chi connectivity index (χ1n) is 8.50. The average Bonchev–Trinajstić information content (AvgIpc) is 2.62. The van der Waals surface area contributed by atoms with Crippen LogP contribution in [0.25, 0.3) is 0 Å². The highest BCUT2D eigenvalue weighted by atomic mass is 35.5. The Morgan fingerprint density at radius 3 is 2.96 bits per heavy atom. The van der Waals surface area contributed by atoms with E-state index in [9.17, 15) is 9.18 Å². The molecule has 1 spiro atoms. The number of pyridine rings is 1. The summed E-state index contributed by atoms with van der Waals surface area (Å²) in [5.74, 6) is 0.0356. The van der Waals surface area contributed by atoms with Gasteiger partial charge in [-0.25, -0.2) is 4.39 Å². The molecule has 0 radical (unpaired) electrons. The van der Waals surface area contributed by atoms with Crippen molar-refractivity contribution in [3.63, 3.8) is 0 Å². The third kappa shape index (κ3) is 3.39. The van der Waals surface area contributed by atoms with E-state index in [-0.39, 0.29) is 22.6 Å². The molecule has 1 amide bonds. The molecule has 4 rings (SSSR count). The number of carbonyl (C=O) groups is 1. The summed E-state index contributed by atoms with van der Waals surface area (Å²) in [7, 11) is 0. The Morgan fingerprint density at radius 2 is 2.23 bits per heavy atom. The van der Waals surface area contributed by atoms with Gasteiger partial charge in [0.25, 0.3) is 5.91 Å². The molecule has 7 heteroatoms. The number of halogens is 2. The van der Waals surface area contributed by atoms with Gasteiger partial charge in [0.05, 0.1) is 30.9 Å². The van der Waals surface area contributed by atoms with Crippen molar-refractivity contribution in [2.24, 2.45) is 0 Å². The fourth-order valence-corrected chi connectivity index (χ4v) is 3.70. The second kappa shape index (κ2) is 6.85. The SMILES string of the molecule is O=C(c1ccc(F)c(Cl)c1)N1CC2(C[C@@H](Oc3cccnc3)CCO2)C1. The zero-order chi connectivity index (χ0) is 18.1. The van der Waals surface area contributed by atoms with Crippen molar-refractivity contribution < 1.29 is 18.7 Å². The first-order chi connectivity index (χ1) is 12.5. The summed E-state index contributed by atoms with van der Waals surface area (Å²) in [5, 5.41) is -0.0510. The first-order valence-corrected chi connectivity index (χ1v) is 8.87. The van der Waals surface area contributed by atoms with E-state index in [1.54, 1.807) is 17.3 Å². The van der Waals surface area contributed by atoms with E-state index >= 15 is 0 Å². The molecule has 2 saturated heterocycles. The van der Waals surface area contributed by atoms with Crippen LogP contribution in [0.2, 0.25) is 5.02 Å². The van der Waals surface area contributed by atoms with Crippen molar-refractivity contribution in [1.29, 1.82) is 0 Å². The largest absolute Gasteiger partial charge is 0.489 e. The van der Waals surface area contributed by atoms with Crippen LogP contribution < -0.4 is 4.74 Å². The number of hydrogen-bond acceptors (Lipinski definition) is 4. The Balaban J connectivity index is 1.38. The summed E-state index contributed by atoms with van der Waals surface area (Å²) in [5.41, 5.74) is 0.00941. The van der Waals surface area contributed by atoms with Gasteiger partial charge in [0.15, 0.2) is 0 Å². The molecule has 2 aliphatic heterocycles. The molecule has 0 N–H and O–H groups in total. The fourth-order valence-electron chi connectivity index (χ4n) is 3.52. The average molecular weight is 377 g/mol. The minimum absolute atomic E-state index is 0.0328. The van der Waals surface area contributed by atoms with Gasteiger partial charge < -0.3 is 14.4 Å². The summed E-state index contributed by atoms with van der Waals surface area (Å²) in [6, 6.07) is 7.73. The fraction of sp³-hybridized carbons (Fsp3) is 0.368. The number of ether oxygens (including phenoxy) is 2. The number of rotatable bonds is 3. The van der Waals surface area contributed by atoms with Crippen molar-refractivity contribution in [2.75, 3.05) is 19.7 Å². The van der Waals surface area contributed by atoms with E-state index < -0.39 is 5.82 Å². The van der Waals surface area contributed by atoms with E-state index in [2.05, 4.69) is 4.98 Å². The number of amides is 1. The van der Waals surface area contributed by atoms with Crippen LogP contribution in [0, 0.1) is 5.82 Å². The number of hydrogen-bond donors (Lipinski definition) is 0. The summed E-state index contributed by atoms with van der Waals surface area (Å²) in [4.78, 5) is 18.3. The first kappa shape index (κ1) is 17.2. The zero-order valence-corrected chi connectivity index (χ0v) is 14.8. The van der Waals surface area contributed by atoms with E-state index in [1.165, 1.54) is 18.2 Å². The number of benzene rings is 1. The van der Waals surface area contributed by atoms with E-state index in [1.807, 2.05) is 12.1 Å². The van der Waals surface area contributed by atoms with Gasteiger partial charge in [-0.3, -0.25) is 9.78 Å². The summed E-state index contributed by atoms with van der Waals surface area (Å²) in [6.07, 6.45) is 4.95. The second-order valence-corrected chi connectivity index (χ2v) is 7.15. The maximum Gasteiger partial charge on any atom is 0.254 e. The molecule has 2 aliphatic rings. The maximum atomic E-state index is 13.3. The van der Waals surface area contributed by atoms with Crippen molar-refractivity contribution in [3.05, 3.63) is 59.1 Å². The molecule has 1 atom stereocenters. The van der Waals surface area contributed by atoms with Crippen molar-refractivity contribution in [1.82, 2.24) is 9.88 Å². The number of nitrogens with zero attached hydrogens (tertiary/aromatic N) is 2. The van der Waals surface area contributed by atoms with E-state index in [4.69, 9.17) is 21.1 Å². The Labute approximate surface area is 155 Å². The van der Waals surface area contributed by atoms with Gasteiger partial charge in [-0.2, -0.15) is 0 Å². The lowest BCUT2D eigenvalue weighted by Crippen LogP contribution is -2.67. The molecule has 2 fully saturated rings. The van der Waals surface area contributed by atoms with Gasteiger partial charge in [-0.05, 0) is 30.3 Å². The lowest BCUT2D eigenvalue weighted by Gasteiger charge is -2.52. The Bertz CT molecular complexity index is 812. The number of carbonyl (C=O) groups excluding carboxylic acids is 1. The minimum atomic E-state index is -0.533. The van der Waals surface area contributed by atoms with Crippen LogP contribution in [0.1, 0.15) is 23.2 Å². The normalized spacial score (nSPS) is 21.3. The van der Waals surface area contributed by atoms with Crippen LogP contribution in [0.15, 0.2) is 42.7 Å². The monoisotopic (exact) mass is 376 g/mol. The third-order valence-electron chi connectivity index (χ3n) is 4.80. The molecule has 0 saturated carbocycles. The molecule has 1 aromatic heterocycles. The topological polar surface area (TPSA) is 51.7 Å². The molecule has 2 aromatic rings. The Morgan fingerprint density at radius 1 is 1.38 bits per heavy atom. The number of aromatic nitrogens is 1. The van der Waals surface area contributed by atoms with Crippen LogP contribution in [-0.2, 0) is 4.74 Å². The summed E-state index contributed by atoms with van der Waals surface area (Å²) < 4.78 is 25.2. The second-order valence-electron chi connectivity index (χ2n) is 6.74. The summed E-state index contributed by atoms with van der Waals surface area (Å²) in [6.45, 7) is 1.58. The lowest BCUT2D eigenvalue weighted by molar-refractivity contribution is -0.173. The maximum absolute atomic E-state index is 13.3. The molecule has 136 valence electrons. The number of likely N-dealkylation sites (tertiary alicyclic amines) is 1. The molecule has 26 heavy (non-hydrogen) atoms. The predicted molar refractivity (Wildman–Crippen MR) is 93.9 cm³/mol. The predicted octanol–water partition coefficient (Wildman–Crippen LogP) is 3.33. The van der Waals surface area contributed by atoms with Crippen LogP contribution in [0.4, 0.5) is 4.39 Å². The standard InChI is InChI=1S/C19H18ClFN2O3/c20-16-8-13(3-4-17(16)21)18(24)23-11-19(12-23)9-14(5-7-25-19)26-15-2-1-6-22-10-15/h1-4,6,8,10,14H,5,7,9,11-12H2/t14-/m0/s1. The molecule has 1 aromatic carbocycles. The van der Waals surface area contributed by atoms with Gasteiger partial charge in [0.2, 0.25) is 0 Å². The lowest BCUT2D eigenvalue weighted by atomic mass is 9.84. The van der Waals surface area contributed by atoms with Gasteiger partial charge in [0, 0.05) is 24.6 Å². The van der Waals surface area contributed by atoms with Gasteiger partial charge >= 0.3 is 0 Å². The molecule has 0 bridgehead atoms. The third-order valence-corrected chi connectivity index (χ3v) is 5.09. The Hall–Kier alpha value is -2.18. The van der Waals surface area contributed by atoms with Crippen molar-refractivity contribution in [2.45, 2.75) is 24.5 Å². The van der Waals surface area contributed by atoms with E-state index in [0.29, 0.717) is 25.3 Å². The molecular formula is C19H18ClFN2O3. The Kier molecular flexibility index (Phi) is 4.54. The van der Waals surface area contributed by atoms with Crippen LogP contribution >= 0.6 is 11.6 Å². The molecule has 3 heterocycles. The van der Waals surface area contributed by atoms with E-state index in [0.717, 1.165) is 18.6 Å². The summed E-state index contributed by atoms with van der Waals surface area (Å²) >= 11 is 5.77. The quantitative estimate of drug-likeness (QED) is 0.824. The van der Waals surface area contributed by atoms with Crippen molar-refractivity contribution >= 4 is 17.5 Å². The highest BCUT2D eigenvalue weighted by Crippen LogP contribution is 2.36. The highest BCUT2D eigenvalue weighted by molar-refractivity contribution is 6.31. The van der Waals surface area contributed by atoms with Crippen LogP contribution in [0.5, 0.6) is 5.75 Å². The minimum Gasteiger partial charge on any atom is -0.489 e. The zero-order valence-electron chi connectivity index (χ0n) is 14.0. The van der Waals surface area contributed by atoms with Gasteiger partial charge in [-0.1, -0.05) is 11.6 Å². The molecule has 0 aliphatic carbocycles. The van der Waals surface area contributed by atoms with Crippen LogP contribution in [0.3, 0.4) is 0 Å². The molecule has 0 unspecified atom stereocenters. The molecule has 5 nitrogen and oxygen atoms in total. The molecular weight excluding hydrogens is 359 g/mol. The highest BCUT2D eigenvalue weighted by Gasteiger charge is 2.50. The van der Waals surface area contributed by atoms with Crippen LogP contribution in [-0.4, -0.2) is 47.2 Å². The van der Waals surface area contributed by atoms with Gasteiger partial charge in [0.1, 0.15) is 23.3 Å².